The third-order valence-electron chi connectivity index (χ3n) is 10.1. The Hall–Kier alpha value is -4.18. The van der Waals surface area contributed by atoms with E-state index in [-0.39, 0.29) is 48.0 Å². The fraction of sp³-hybridized carbons (Fsp3) is 0.257. The van der Waals surface area contributed by atoms with E-state index in [0.29, 0.717) is 6.42 Å². The summed E-state index contributed by atoms with van der Waals surface area (Å²) in [7, 11) is 0. The molecule has 0 radical (unpaired) electrons. The Balaban J connectivity index is 0.999. The lowest BCUT2D eigenvalue weighted by Gasteiger charge is -2.46. The SMILES string of the molecule is c1ccc2c(c1)C1c3ccccc3C2[C@@H]2N=C(CC3=N[C@H]4C5c6ccccc6C(c6ccccc65)[C@H]4O3)O[C@H]12. The van der Waals surface area contributed by atoms with E-state index >= 15 is 0 Å². The molecule has 12 rings (SSSR count). The van der Waals surface area contributed by atoms with Gasteiger partial charge in [-0.3, -0.25) is 0 Å². The minimum Gasteiger partial charge on any atom is -0.474 e. The third-order valence-corrected chi connectivity index (χ3v) is 10.1. The van der Waals surface area contributed by atoms with Crippen molar-refractivity contribution < 1.29 is 9.47 Å². The molecule has 4 aromatic rings. The Morgan fingerprint density at radius 1 is 0.410 bits per heavy atom. The Morgan fingerprint density at radius 3 is 1.00 bits per heavy atom. The predicted octanol–water partition coefficient (Wildman–Crippen LogP) is 6.29. The number of ether oxygens (including phenoxy) is 2. The minimum atomic E-state index is 0.0313. The Labute approximate surface area is 227 Å². The zero-order chi connectivity index (χ0) is 25.2. The maximum Gasteiger partial charge on any atom is 0.193 e. The summed E-state index contributed by atoms with van der Waals surface area (Å²) in [5.74, 6) is 2.45. The molecule has 0 amide bonds. The number of nitrogens with zero attached hydrogens (tertiary/aromatic N) is 2. The molecular formula is C35H26N2O2. The summed E-state index contributed by atoms with van der Waals surface area (Å²) in [5, 5.41) is 0. The average Bonchev–Trinajstić information content (AvgIpc) is 3.61. The molecule has 0 aromatic heterocycles. The summed E-state index contributed by atoms with van der Waals surface area (Å²) in [5.41, 5.74) is 11.2. The van der Waals surface area contributed by atoms with Crippen LogP contribution in [0.1, 0.15) is 74.6 Å². The molecular weight excluding hydrogens is 480 g/mol. The standard InChI is InChI=1S/C35H26N2O2/c1-5-13-22-18(9-1)28-19-10-2-6-14-23(19)30(22)34-32(28)36-26(38-34)17-27-37-33-29-20-11-3-7-15-24(20)31(35(33)39-27)25-16-8-4-12-21(25)29/h1-16,28-35H,17H2/t28?,29?,30?,31?,32-,33-,34+,35+/m0/s1. The lowest BCUT2D eigenvalue weighted by atomic mass is 9.60. The van der Waals surface area contributed by atoms with Crippen LogP contribution in [0.5, 0.6) is 0 Å². The van der Waals surface area contributed by atoms with E-state index in [1.165, 1.54) is 44.5 Å². The fourth-order valence-corrected chi connectivity index (χ4v) is 8.78. The molecule has 4 heteroatoms. The number of hydrogen-bond donors (Lipinski definition) is 0. The maximum atomic E-state index is 6.71. The van der Waals surface area contributed by atoms with Gasteiger partial charge in [-0.2, -0.15) is 0 Å². The van der Waals surface area contributed by atoms with Gasteiger partial charge in [-0.05, 0) is 44.5 Å². The van der Waals surface area contributed by atoms with Crippen molar-refractivity contribution in [1.82, 2.24) is 0 Å². The molecule has 188 valence electrons. The van der Waals surface area contributed by atoms with Gasteiger partial charge in [-0.1, -0.05) is 97.1 Å². The van der Waals surface area contributed by atoms with Crippen LogP contribution < -0.4 is 0 Å². The molecule has 0 fully saturated rings. The molecule has 4 aromatic carbocycles. The van der Waals surface area contributed by atoms with E-state index in [9.17, 15) is 0 Å². The number of rotatable bonds is 2. The van der Waals surface area contributed by atoms with Gasteiger partial charge in [0, 0.05) is 23.7 Å². The molecule has 0 spiro atoms. The van der Waals surface area contributed by atoms with Gasteiger partial charge < -0.3 is 9.47 Å². The third kappa shape index (κ3) is 2.55. The molecule has 4 nitrogen and oxygen atoms in total. The second kappa shape index (κ2) is 7.26. The molecule has 2 heterocycles. The molecule has 2 aliphatic heterocycles. The molecule has 0 saturated carbocycles. The van der Waals surface area contributed by atoms with E-state index in [1.807, 2.05) is 0 Å². The van der Waals surface area contributed by atoms with Crippen LogP contribution in [0.2, 0.25) is 0 Å². The quantitative estimate of drug-likeness (QED) is 0.321. The van der Waals surface area contributed by atoms with Crippen molar-refractivity contribution in [1.29, 1.82) is 0 Å². The minimum absolute atomic E-state index is 0.0313. The molecule has 4 atom stereocenters. The lowest BCUT2D eigenvalue weighted by Crippen LogP contribution is -2.45. The summed E-state index contributed by atoms with van der Waals surface area (Å²) in [4.78, 5) is 10.5. The van der Waals surface area contributed by atoms with E-state index in [4.69, 9.17) is 19.5 Å². The molecule has 0 unspecified atom stereocenters. The molecule has 39 heavy (non-hydrogen) atoms. The van der Waals surface area contributed by atoms with Gasteiger partial charge in [0.2, 0.25) is 0 Å². The topological polar surface area (TPSA) is 43.2 Å². The number of benzene rings is 4. The molecule has 4 bridgehead atoms. The van der Waals surface area contributed by atoms with Gasteiger partial charge in [-0.25, -0.2) is 9.98 Å². The summed E-state index contributed by atoms with van der Waals surface area (Å²) in [6.07, 6.45) is 0.589. The highest BCUT2D eigenvalue weighted by Gasteiger charge is 2.56. The van der Waals surface area contributed by atoms with Crippen LogP contribution in [0, 0.1) is 0 Å². The fourth-order valence-electron chi connectivity index (χ4n) is 8.78. The zero-order valence-electron chi connectivity index (χ0n) is 21.3. The first kappa shape index (κ1) is 20.7. The Bertz CT molecular complexity index is 1550. The van der Waals surface area contributed by atoms with Crippen molar-refractivity contribution in [3.63, 3.8) is 0 Å². The highest BCUT2D eigenvalue weighted by atomic mass is 16.5. The van der Waals surface area contributed by atoms with Gasteiger partial charge in [0.15, 0.2) is 11.8 Å². The van der Waals surface area contributed by atoms with Gasteiger partial charge in [0.25, 0.3) is 0 Å². The van der Waals surface area contributed by atoms with Crippen LogP contribution in [0.25, 0.3) is 0 Å². The van der Waals surface area contributed by atoms with Crippen molar-refractivity contribution in [3.05, 3.63) is 142 Å². The summed E-state index contributed by atoms with van der Waals surface area (Å²) < 4.78 is 13.4. The highest BCUT2D eigenvalue weighted by Crippen LogP contribution is 2.58. The molecule has 0 N–H and O–H groups in total. The van der Waals surface area contributed by atoms with Crippen LogP contribution >= 0.6 is 0 Å². The Kier molecular flexibility index (Phi) is 3.86. The zero-order valence-corrected chi connectivity index (χ0v) is 21.3. The molecule has 6 aliphatic carbocycles. The summed E-state index contributed by atoms with van der Waals surface area (Å²) in [6, 6.07) is 35.7. The van der Waals surface area contributed by atoms with E-state index in [2.05, 4.69) is 97.1 Å². The van der Waals surface area contributed by atoms with Crippen molar-refractivity contribution in [2.45, 2.75) is 54.4 Å². The maximum absolute atomic E-state index is 6.71. The van der Waals surface area contributed by atoms with Crippen LogP contribution in [-0.2, 0) is 9.47 Å². The van der Waals surface area contributed by atoms with Crippen molar-refractivity contribution in [2.24, 2.45) is 9.98 Å². The van der Waals surface area contributed by atoms with Crippen LogP contribution in [-0.4, -0.2) is 36.1 Å². The first-order chi connectivity index (χ1) is 19.3. The number of hydrogen-bond acceptors (Lipinski definition) is 4. The Morgan fingerprint density at radius 2 is 0.692 bits per heavy atom. The van der Waals surface area contributed by atoms with Crippen LogP contribution in [0.3, 0.4) is 0 Å². The second-order valence-corrected chi connectivity index (χ2v) is 11.8. The smallest absolute Gasteiger partial charge is 0.193 e. The van der Waals surface area contributed by atoms with Gasteiger partial charge in [0.05, 0.1) is 6.42 Å². The first-order valence-electron chi connectivity index (χ1n) is 14.2. The molecule has 0 saturated heterocycles. The van der Waals surface area contributed by atoms with E-state index < -0.39 is 0 Å². The van der Waals surface area contributed by atoms with E-state index in [0.717, 1.165) is 11.8 Å². The van der Waals surface area contributed by atoms with Gasteiger partial charge >= 0.3 is 0 Å². The van der Waals surface area contributed by atoms with Crippen molar-refractivity contribution >= 4 is 11.8 Å². The average molecular weight is 507 g/mol. The largest absolute Gasteiger partial charge is 0.474 e. The van der Waals surface area contributed by atoms with Crippen molar-refractivity contribution in [2.75, 3.05) is 0 Å². The molecule has 8 aliphatic rings. The van der Waals surface area contributed by atoms with E-state index in [1.54, 1.807) is 0 Å². The summed E-state index contributed by atoms with van der Waals surface area (Å²) in [6.45, 7) is 0. The monoisotopic (exact) mass is 506 g/mol. The highest BCUT2D eigenvalue weighted by molar-refractivity contribution is 5.99. The van der Waals surface area contributed by atoms with Gasteiger partial charge in [-0.15, -0.1) is 0 Å². The second-order valence-electron chi connectivity index (χ2n) is 11.8. The summed E-state index contributed by atoms with van der Waals surface area (Å²) >= 11 is 0. The number of aliphatic imine (C=N–C) groups is 2. The van der Waals surface area contributed by atoms with Crippen molar-refractivity contribution in [3.8, 4) is 0 Å². The van der Waals surface area contributed by atoms with Crippen LogP contribution in [0.15, 0.2) is 107 Å². The van der Waals surface area contributed by atoms with Gasteiger partial charge in [0.1, 0.15) is 24.3 Å². The van der Waals surface area contributed by atoms with Crippen LogP contribution in [0.4, 0.5) is 0 Å². The lowest BCUT2D eigenvalue weighted by molar-refractivity contribution is 0.136. The first-order valence-corrected chi connectivity index (χ1v) is 14.2. The predicted molar refractivity (Wildman–Crippen MR) is 150 cm³/mol. The normalized spacial score (nSPS) is 32.9.